The SMILES string of the molecule is O=C(N1CCCC1)N1CC[C@H]2CNC[C@H]21. The van der Waals surface area contributed by atoms with Gasteiger partial charge in [-0.25, -0.2) is 4.79 Å². The van der Waals surface area contributed by atoms with Gasteiger partial charge >= 0.3 is 6.03 Å². The van der Waals surface area contributed by atoms with Crippen molar-refractivity contribution in [3.8, 4) is 0 Å². The number of nitrogens with one attached hydrogen (secondary N) is 1. The average Bonchev–Trinajstić information content (AvgIpc) is 2.94. The maximum Gasteiger partial charge on any atom is 0.320 e. The molecule has 4 heteroatoms. The van der Waals surface area contributed by atoms with Gasteiger partial charge in [0.05, 0.1) is 0 Å². The second kappa shape index (κ2) is 3.67. The second-order valence-corrected chi connectivity index (χ2v) is 4.94. The second-order valence-electron chi connectivity index (χ2n) is 4.94. The Hall–Kier alpha value is -0.770. The monoisotopic (exact) mass is 209 g/mol. The maximum absolute atomic E-state index is 12.2. The summed E-state index contributed by atoms with van der Waals surface area (Å²) in [6.07, 6.45) is 3.56. The zero-order valence-electron chi connectivity index (χ0n) is 9.11. The Morgan fingerprint density at radius 2 is 1.93 bits per heavy atom. The van der Waals surface area contributed by atoms with E-state index in [4.69, 9.17) is 0 Å². The van der Waals surface area contributed by atoms with Crippen molar-refractivity contribution in [2.24, 2.45) is 5.92 Å². The molecule has 0 spiro atoms. The lowest BCUT2D eigenvalue weighted by molar-refractivity contribution is 0.157. The van der Waals surface area contributed by atoms with Gasteiger partial charge in [-0.3, -0.25) is 0 Å². The van der Waals surface area contributed by atoms with Gasteiger partial charge in [-0.05, 0) is 25.2 Å². The molecule has 3 fully saturated rings. The molecule has 2 atom stereocenters. The number of rotatable bonds is 0. The first kappa shape index (κ1) is 9.46. The fourth-order valence-electron chi connectivity index (χ4n) is 3.18. The lowest BCUT2D eigenvalue weighted by atomic mass is 10.1. The van der Waals surface area contributed by atoms with Gasteiger partial charge in [-0.2, -0.15) is 0 Å². The summed E-state index contributed by atoms with van der Waals surface area (Å²) in [6, 6.07) is 0.779. The molecule has 3 saturated heterocycles. The van der Waals surface area contributed by atoms with E-state index in [1.165, 1.54) is 19.3 Å². The molecule has 15 heavy (non-hydrogen) atoms. The van der Waals surface area contributed by atoms with E-state index in [1.807, 2.05) is 4.90 Å². The third-order valence-electron chi connectivity index (χ3n) is 4.07. The molecule has 4 nitrogen and oxygen atoms in total. The Labute approximate surface area is 90.6 Å². The number of fused-ring (bicyclic) bond motifs is 1. The van der Waals surface area contributed by atoms with Crippen molar-refractivity contribution in [3.05, 3.63) is 0 Å². The number of hydrogen-bond donors (Lipinski definition) is 1. The molecule has 84 valence electrons. The predicted molar refractivity (Wildman–Crippen MR) is 57.7 cm³/mol. The predicted octanol–water partition coefficient (Wildman–Crippen LogP) is 0.496. The van der Waals surface area contributed by atoms with Crippen LogP contribution in [-0.4, -0.2) is 54.6 Å². The molecule has 0 bridgehead atoms. The van der Waals surface area contributed by atoms with E-state index in [9.17, 15) is 4.79 Å². The molecule has 3 aliphatic heterocycles. The Kier molecular flexibility index (Phi) is 2.31. The fourth-order valence-corrected chi connectivity index (χ4v) is 3.18. The zero-order valence-corrected chi connectivity index (χ0v) is 9.11. The van der Waals surface area contributed by atoms with Gasteiger partial charge in [0, 0.05) is 38.8 Å². The largest absolute Gasteiger partial charge is 0.325 e. The summed E-state index contributed by atoms with van der Waals surface area (Å²) in [5.74, 6) is 0.719. The van der Waals surface area contributed by atoms with Crippen molar-refractivity contribution in [1.82, 2.24) is 15.1 Å². The minimum absolute atomic E-state index is 0.295. The van der Waals surface area contributed by atoms with Crippen LogP contribution in [0.3, 0.4) is 0 Å². The van der Waals surface area contributed by atoms with Crippen molar-refractivity contribution in [3.63, 3.8) is 0 Å². The normalized spacial score (nSPS) is 34.9. The van der Waals surface area contributed by atoms with Gasteiger partial charge in [0.25, 0.3) is 0 Å². The van der Waals surface area contributed by atoms with Crippen LogP contribution in [0, 0.1) is 5.92 Å². The molecular formula is C11H19N3O. The van der Waals surface area contributed by atoms with E-state index in [-0.39, 0.29) is 0 Å². The quantitative estimate of drug-likeness (QED) is 0.630. The zero-order chi connectivity index (χ0) is 10.3. The molecule has 3 aliphatic rings. The van der Waals surface area contributed by atoms with Crippen molar-refractivity contribution >= 4 is 6.03 Å². The summed E-state index contributed by atoms with van der Waals surface area (Å²) in [4.78, 5) is 16.3. The van der Waals surface area contributed by atoms with Gasteiger partial charge in [-0.15, -0.1) is 0 Å². The summed E-state index contributed by atoms with van der Waals surface area (Å²) < 4.78 is 0. The lowest BCUT2D eigenvalue weighted by Gasteiger charge is -2.28. The molecular weight excluding hydrogens is 190 g/mol. The molecule has 0 aromatic heterocycles. The van der Waals surface area contributed by atoms with Gasteiger partial charge < -0.3 is 15.1 Å². The number of likely N-dealkylation sites (tertiary alicyclic amines) is 2. The van der Waals surface area contributed by atoms with Crippen LogP contribution in [-0.2, 0) is 0 Å². The highest BCUT2D eigenvalue weighted by atomic mass is 16.2. The number of carbonyl (C=O) groups is 1. The maximum atomic E-state index is 12.2. The highest BCUT2D eigenvalue weighted by molar-refractivity contribution is 5.75. The minimum Gasteiger partial charge on any atom is -0.325 e. The standard InChI is InChI=1S/C11H19N3O/c15-11(13-4-1-2-5-13)14-6-3-9-7-12-8-10(9)14/h9-10,12H,1-8H2/t9-,10+/m0/s1. The highest BCUT2D eigenvalue weighted by Crippen LogP contribution is 2.28. The number of urea groups is 1. The van der Waals surface area contributed by atoms with Crippen molar-refractivity contribution in [1.29, 1.82) is 0 Å². The number of hydrogen-bond acceptors (Lipinski definition) is 2. The number of nitrogens with zero attached hydrogens (tertiary/aromatic N) is 2. The van der Waals surface area contributed by atoms with E-state index in [0.717, 1.165) is 38.6 Å². The molecule has 1 N–H and O–H groups in total. The molecule has 2 amide bonds. The Bertz CT molecular complexity index is 263. The summed E-state index contributed by atoms with van der Waals surface area (Å²) in [6.45, 7) is 5.03. The Balaban J connectivity index is 1.68. The van der Waals surface area contributed by atoms with Crippen LogP contribution in [0.5, 0.6) is 0 Å². The molecule has 0 radical (unpaired) electrons. The smallest absolute Gasteiger partial charge is 0.320 e. The first-order chi connectivity index (χ1) is 7.36. The van der Waals surface area contributed by atoms with Gasteiger partial charge in [0.1, 0.15) is 0 Å². The van der Waals surface area contributed by atoms with E-state index in [2.05, 4.69) is 10.2 Å². The summed E-state index contributed by atoms with van der Waals surface area (Å²) >= 11 is 0. The van der Waals surface area contributed by atoms with Crippen LogP contribution in [0.1, 0.15) is 19.3 Å². The van der Waals surface area contributed by atoms with Crippen LogP contribution in [0.25, 0.3) is 0 Å². The minimum atomic E-state index is 0.295. The lowest BCUT2D eigenvalue weighted by Crippen LogP contribution is -2.46. The fraction of sp³-hybridized carbons (Fsp3) is 0.909. The van der Waals surface area contributed by atoms with E-state index >= 15 is 0 Å². The summed E-state index contributed by atoms with van der Waals surface area (Å²) in [5.41, 5.74) is 0. The molecule has 0 aromatic carbocycles. The van der Waals surface area contributed by atoms with E-state index < -0.39 is 0 Å². The topological polar surface area (TPSA) is 35.6 Å². The molecule has 3 rings (SSSR count). The van der Waals surface area contributed by atoms with Gasteiger partial charge in [-0.1, -0.05) is 0 Å². The van der Waals surface area contributed by atoms with Gasteiger partial charge in [0.15, 0.2) is 0 Å². The Morgan fingerprint density at radius 1 is 1.13 bits per heavy atom. The molecule has 0 unspecified atom stereocenters. The number of amides is 2. The van der Waals surface area contributed by atoms with E-state index in [0.29, 0.717) is 12.1 Å². The number of carbonyl (C=O) groups excluding carboxylic acids is 1. The summed E-state index contributed by atoms with van der Waals surface area (Å²) in [5, 5.41) is 3.39. The molecule has 0 aliphatic carbocycles. The van der Waals surface area contributed by atoms with Crippen molar-refractivity contribution < 1.29 is 4.79 Å². The van der Waals surface area contributed by atoms with Crippen molar-refractivity contribution in [2.75, 3.05) is 32.7 Å². The van der Waals surface area contributed by atoms with Crippen LogP contribution in [0.4, 0.5) is 4.79 Å². The third kappa shape index (κ3) is 1.51. The first-order valence-electron chi connectivity index (χ1n) is 6.12. The first-order valence-corrected chi connectivity index (χ1v) is 6.12. The van der Waals surface area contributed by atoms with Gasteiger partial charge in [0.2, 0.25) is 0 Å². The average molecular weight is 209 g/mol. The van der Waals surface area contributed by atoms with Crippen LogP contribution >= 0.6 is 0 Å². The Morgan fingerprint density at radius 3 is 2.73 bits per heavy atom. The highest BCUT2D eigenvalue weighted by Gasteiger charge is 2.41. The van der Waals surface area contributed by atoms with Crippen LogP contribution in [0.2, 0.25) is 0 Å². The summed E-state index contributed by atoms with van der Waals surface area (Å²) in [7, 11) is 0. The third-order valence-corrected chi connectivity index (χ3v) is 4.07. The molecule has 0 aromatic rings. The van der Waals surface area contributed by atoms with E-state index in [1.54, 1.807) is 0 Å². The van der Waals surface area contributed by atoms with Crippen LogP contribution < -0.4 is 5.32 Å². The van der Waals surface area contributed by atoms with Crippen LogP contribution in [0.15, 0.2) is 0 Å². The molecule has 0 saturated carbocycles. The molecule has 3 heterocycles. The van der Waals surface area contributed by atoms with Crippen molar-refractivity contribution in [2.45, 2.75) is 25.3 Å².